The number of hydrogen-bond acceptors (Lipinski definition) is 4. The highest BCUT2D eigenvalue weighted by Crippen LogP contribution is 2.12. The molecule has 1 amide bonds. The molecule has 0 aliphatic carbocycles. The zero-order valence-electron chi connectivity index (χ0n) is 14.7. The number of carbonyl (C=O) groups is 1. The summed E-state index contributed by atoms with van der Waals surface area (Å²) in [5, 5.41) is 2.98. The molecule has 3 rings (SSSR count). The number of fused-ring (bicyclic) bond motifs is 1. The fourth-order valence-corrected chi connectivity index (χ4v) is 3.43. The maximum Gasteiger partial charge on any atom is 0.419 e. The second-order valence-corrected chi connectivity index (χ2v) is 6.70. The van der Waals surface area contributed by atoms with Gasteiger partial charge in [0.15, 0.2) is 5.58 Å². The highest BCUT2D eigenvalue weighted by atomic mass is 16.4. The summed E-state index contributed by atoms with van der Waals surface area (Å²) in [6.45, 7) is 4.68. The van der Waals surface area contributed by atoms with Crippen LogP contribution in [0.2, 0.25) is 0 Å². The summed E-state index contributed by atoms with van der Waals surface area (Å²) in [6, 6.07) is 7.36. The Morgan fingerprint density at radius 3 is 2.72 bits per heavy atom. The van der Waals surface area contributed by atoms with Gasteiger partial charge in [-0.1, -0.05) is 18.6 Å². The molecule has 0 unspecified atom stereocenters. The molecule has 0 atom stereocenters. The van der Waals surface area contributed by atoms with Crippen molar-refractivity contribution < 1.29 is 9.21 Å². The molecule has 1 aromatic carbocycles. The fourth-order valence-electron chi connectivity index (χ4n) is 3.43. The molecule has 1 N–H and O–H groups in total. The number of hydrogen-bond donors (Lipinski definition) is 1. The number of carbonyl (C=O) groups excluding carboxylic acids is 1. The number of aryl methyl sites for hydroxylation is 1. The monoisotopic (exact) mass is 345 g/mol. The van der Waals surface area contributed by atoms with Crippen LogP contribution in [-0.2, 0) is 11.3 Å². The molecule has 25 heavy (non-hydrogen) atoms. The number of nitrogens with zero attached hydrogens (tertiary/aromatic N) is 2. The molecule has 6 heteroatoms. The van der Waals surface area contributed by atoms with Crippen molar-refractivity contribution in [1.82, 2.24) is 14.8 Å². The molecule has 1 aliphatic heterocycles. The van der Waals surface area contributed by atoms with Crippen molar-refractivity contribution >= 4 is 17.0 Å². The lowest BCUT2D eigenvalue weighted by molar-refractivity contribution is -0.121. The summed E-state index contributed by atoms with van der Waals surface area (Å²) >= 11 is 0. The molecule has 1 aromatic heterocycles. The molecular formula is C19H27N3O3. The van der Waals surface area contributed by atoms with Crippen LogP contribution in [0, 0.1) is 0 Å². The molecule has 2 aromatic rings. The lowest BCUT2D eigenvalue weighted by Crippen LogP contribution is -2.33. The summed E-state index contributed by atoms with van der Waals surface area (Å²) < 4.78 is 6.79. The molecule has 0 spiro atoms. The molecule has 1 saturated heterocycles. The van der Waals surface area contributed by atoms with E-state index in [1.54, 1.807) is 10.6 Å². The van der Waals surface area contributed by atoms with Crippen LogP contribution in [0.5, 0.6) is 0 Å². The van der Waals surface area contributed by atoms with Gasteiger partial charge in [-0.3, -0.25) is 9.36 Å². The van der Waals surface area contributed by atoms with E-state index in [1.165, 1.54) is 32.4 Å². The first kappa shape index (κ1) is 17.7. The van der Waals surface area contributed by atoms with Gasteiger partial charge in [0.25, 0.3) is 0 Å². The Bertz CT molecular complexity index is 744. The topological polar surface area (TPSA) is 67.5 Å². The Morgan fingerprint density at radius 1 is 1.08 bits per heavy atom. The summed E-state index contributed by atoms with van der Waals surface area (Å²) in [4.78, 5) is 26.3. The number of nitrogens with one attached hydrogen (secondary N) is 1. The van der Waals surface area contributed by atoms with E-state index in [9.17, 15) is 9.59 Å². The molecule has 0 radical (unpaired) electrons. The summed E-state index contributed by atoms with van der Waals surface area (Å²) in [7, 11) is 0. The Balaban J connectivity index is 1.35. The first-order chi connectivity index (χ1) is 12.2. The van der Waals surface area contributed by atoms with Crippen molar-refractivity contribution in [2.75, 3.05) is 26.2 Å². The lowest BCUT2D eigenvalue weighted by Gasteiger charge is -2.26. The lowest BCUT2D eigenvalue weighted by atomic mass is 10.1. The van der Waals surface area contributed by atoms with Gasteiger partial charge in [0.1, 0.15) is 0 Å². The van der Waals surface area contributed by atoms with Gasteiger partial charge in [-0.15, -0.1) is 0 Å². The number of para-hydroxylation sites is 2. The zero-order chi connectivity index (χ0) is 17.5. The summed E-state index contributed by atoms with van der Waals surface area (Å²) in [6.07, 6.45) is 6.00. The van der Waals surface area contributed by atoms with Gasteiger partial charge in [0.2, 0.25) is 5.91 Å². The Kier molecular flexibility index (Phi) is 6.28. The fraction of sp³-hybridized carbons (Fsp3) is 0.579. The summed E-state index contributed by atoms with van der Waals surface area (Å²) in [5.74, 6) is -0.303. The molecule has 136 valence electrons. The third-order valence-electron chi connectivity index (χ3n) is 4.78. The van der Waals surface area contributed by atoms with E-state index in [0.29, 0.717) is 25.0 Å². The van der Waals surface area contributed by atoms with Crippen LogP contribution in [0.3, 0.4) is 0 Å². The van der Waals surface area contributed by atoms with Crippen molar-refractivity contribution in [2.45, 2.75) is 45.1 Å². The SMILES string of the molecule is O=C(CCCn1c(=O)oc2ccccc21)NCCCN1CCCCC1. The summed E-state index contributed by atoms with van der Waals surface area (Å²) in [5.41, 5.74) is 1.38. The van der Waals surface area contributed by atoms with Crippen LogP contribution < -0.4 is 11.1 Å². The van der Waals surface area contributed by atoms with Gasteiger partial charge in [-0.05, 0) is 57.5 Å². The van der Waals surface area contributed by atoms with E-state index in [2.05, 4.69) is 10.2 Å². The Labute approximate surface area is 147 Å². The standard InChI is InChI=1S/C19H27N3O3/c23-18(20-11-7-14-21-12-4-1-5-13-21)10-6-15-22-16-8-2-3-9-17(16)25-19(22)24/h2-3,8-9H,1,4-7,10-15H2,(H,20,23). The van der Waals surface area contributed by atoms with E-state index >= 15 is 0 Å². The molecule has 6 nitrogen and oxygen atoms in total. The van der Waals surface area contributed by atoms with Crippen LogP contribution in [0.4, 0.5) is 0 Å². The minimum absolute atomic E-state index is 0.0551. The van der Waals surface area contributed by atoms with Crippen LogP contribution in [0.25, 0.3) is 11.1 Å². The predicted molar refractivity (Wildman–Crippen MR) is 97.6 cm³/mol. The first-order valence-corrected chi connectivity index (χ1v) is 9.31. The average Bonchev–Trinajstić information content (AvgIpc) is 2.95. The van der Waals surface area contributed by atoms with Crippen LogP contribution in [-0.4, -0.2) is 41.6 Å². The third kappa shape index (κ3) is 4.95. The Hall–Kier alpha value is -2.08. The molecule has 0 saturated carbocycles. The first-order valence-electron chi connectivity index (χ1n) is 9.31. The quantitative estimate of drug-likeness (QED) is 0.746. The number of oxazole rings is 1. The van der Waals surface area contributed by atoms with Crippen molar-refractivity contribution in [3.05, 3.63) is 34.8 Å². The minimum atomic E-state index is -0.358. The van der Waals surface area contributed by atoms with Crippen LogP contribution in [0.15, 0.2) is 33.5 Å². The van der Waals surface area contributed by atoms with E-state index < -0.39 is 0 Å². The van der Waals surface area contributed by atoms with Crippen LogP contribution >= 0.6 is 0 Å². The number of amides is 1. The van der Waals surface area contributed by atoms with E-state index in [4.69, 9.17) is 4.42 Å². The predicted octanol–water partition coefficient (Wildman–Crippen LogP) is 2.37. The van der Waals surface area contributed by atoms with Crippen molar-refractivity contribution in [1.29, 1.82) is 0 Å². The van der Waals surface area contributed by atoms with Gasteiger partial charge in [-0.25, -0.2) is 4.79 Å². The van der Waals surface area contributed by atoms with Gasteiger partial charge in [0.05, 0.1) is 5.52 Å². The van der Waals surface area contributed by atoms with Gasteiger partial charge in [-0.2, -0.15) is 0 Å². The van der Waals surface area contributed by atoms with E-state index in [-0.39, 0.29) is 11.7 Å². The number of rotatable bonds is 8. The van der Waals surface area contributed by atoms with E-state index in [1.807, 2.05) is 18.2 Å². The molecule has 1 aliphatic rings. The van der Waals surface area contributed by atoms with Gasteiger partial charge in [0, 0.05) is 19.5 Å². The van der Waals surface area contributed by atoms with Crippen LogP contribution in [0.1, 0.15) is 38.5 Å². The van der Waals surface area contributed by atoms with Crippen molar-refractivity contribution in [3.8, 4) is 0 Å². The van der Waals surface area contributed by atoms with Crippen molar-refractivity contribution in [2.24, 2.45) is 0 Å². The highest BCUT2D eigenvalue weighted by Gasteiger charge is 2.10. The number of piperidine rings is 1. The Morgan fingerprint density at radius 2 is 1.88 bits per heavy atom. The normalized spacial score (nSPS) is 15.5. The number of benzene rings is 1. The smallest absolute Gasteiger partial charge is 0.408 e. The molecule has 2 heterocycles. The maximum absolute atomic E-state index is 11.9. The minimum Gasteiger partial charge on any atom is -0.408 e. The molecule has 0 bridgehead atoms. The molecule has 1 fully saturated rings. The van der Waals surface area contributed by atoms with Gasteiger partial charge < -0.3 is 14.6 Å². The average molecular weight is 345 g/mol. The zero-order valence-corrected chi connectivity index (χ0v) is 14.7. The third-order valence-corrected chi connectivity index (χ3v) is 4.78. The second-order valence-electron chi connectivity index (χ2n) is 6.70. The largest absolute Gasteiger partial charge is 0.419 e. The second kappa shape index (κ2) is 8.85. The molecular weight excluding hydrogens is 318 g/mol. The van der Waals surface area contributed by atoms with Gasteiger partial charge >= 0.3 is 5.76 Å². The number of aromatic nitrogens is 1. The number of likely N-dealkylation sites (tertiary alicyclic amines) is 1. The maximum atomic E-state index is 11.9. The highest BCUT2D eigenvalue weighted by molar-refractivity contribution is 5.76. The van der Waals surface area contributed by atoms with E-state index in [0.717, 1.165) is 25.0 Å². The van der Waals surface area contributed by atoms with Crippen molar-refractivity contribution in [3.63, 3.8) is 0 Å².